The van der Waals surface area contributed by atoms with E-state index in [0.717, 1.165) is 23.7 Å². The van der Waals surface area contributed by atoms with Gasteiger partial charge in [-0.1, -0.05) is 47.0 Å². The summed E-state index contributed by atoms with van der Waals surface area (Å²) in [5.74, 6) is 4.08. The van der Waals surface area contributed by atoms with Gasteiger partial charge in [0.1, 0.15) is 0 Å². The maximum Gasteiger partial charge on any atom is -0.0362 e. The van der Waals surface area contributed by atoms with Gasteiger partial charge in [-0.25, -0.2) is 0 Å². The van der Waals surface area contributed by atoms with Crippen molar-refractivity contribution in [1.82, 2.24) is 0 Å². The van der Waals surface area contributed by atoms with Gasteiger partial charge in [-0.3, -0.25) is 0 Å². The Labute approximate surface area is 90.5 Å². The van der Waals surface area contributed by atoms with Crippen LogP contribution in [-0.2, 0) is 0 Å². The van der Waals surface area contributed by atoms with Crippen LogP contribution in [0.25, 0.3) is 0 Å². The maximum atomic E-state index is 2.40. The highest BCUT2D eigenvalue weighted by Crippen LogP contribution is 2.44. The summed E-state index contributed by atoms with van der Waals surface area (Å²) in [6.45, 7) is 9.49. The van der Waals surface area contributed by atoms with Crippen LogP contribution in [-0.4, -0.2) is 0 Å². The van der Waals surface area contributed by atoms with Crippen molar-refractivity contribution in [3.63, 3.8) is 0 Å². The van der Waals surface area contributed by atoms with Crippen LogP contribution >= 0.6 is 0 Å². The van der Waals surface area contributed by atoms with Gasteiger partial charge in [0.05, 0.1) is 0 Å². The van der Waals surface area contributed by atoms with Gasteiger partial charge >= 0.3 is 0 Å². The van der Waals surface area contributed by atoms with E-state index in [2.05, 4.69) is 27.7 Å². The lowest BCUT2D eigenvalue weighted by Gasteiger charge is -2.41. The van der Waals surface area contributed by atoms with E-state index in [1.165, 1.54) is 38.5 Å². The number of hydrogen-bond acceptors (Lipinski definition) is 0. The van der Waals surface area contributed by atoms with Gasteiger partial charge in [-0.2, -0.15) is 0 Å². The predicted octanol–water partition coefficient (Wildman–Crippen LogP) is 4.89. The summed E-state index contributed by atoms with van der Waals surface area (Å²) >= 11 is 0. The third-order valence-electron chi connectivity index (χ3n) is 4.24. The maximum absolute atomic E-state index is 2.40. The number of hydrogen-bond donors (Lipinski definition) is 0. The van der Waals surface area contributed by atoms with E-state index in [1.54, 1.807) is 0 Å². The van der Waals surface area contributed by atoms with Gasteiger partial charge < -0.3 is 0 Å². The van der Waals surface area contributed by atoms with Crippen molar-refractivity contribution in [2.45, 2.75) is 66.2 Å². The van der Waals surface area contributed by atoms with Gasteiger partial charge in [0.15, 0.2) is 0 Å². The molecular formula is C14H28. The highest BCUT2D eigenvalue weighted by Gasteiger charge is 2.33. The normalized spacial score (nSPS) is 28.9. The lowest BCUT2D eigenvalue weighted by atomic mass is 9.64. The van der Waals surface area contributed by atoms with Crippen molar-refractivity contribution < 1.29 is 0 Å². The fraction of sp³-hybridized carbons (Fsp3) is 1.00. The molecular weight excluding hydrogens is 168 g/mol. The Morgan fingerprint density at radius 3 is 2.21 bits per heavy atom. The third-order valence-corrected chi connectivity index (χ3v) is 4.24. The average molecular weight is 196 g/mol. The number of rotatable bonds is 6. The molecule has 3 unspecified atom stereocenters. The first kappa shape index (κ1) is 12.1. The van der Waals surface area contributed by atoms with Gasteiger partial charge in [0.2, 0.25) is 0 Å². The lowest BCUT2D eigenvalue weighted by molar-refractivity contribution is 0.0926. The Hall–Kier alpha value is 0. The van der Waals surface area contributed by atoms with Crippen molar-refractivity contribution in [2.24, 2.45) is 23.7 Å². The minimum atomic E-state index is 0.924. The SMILES string of the molecule is CCCC(CC)CC1CCC1C(C)C. The van der Waals surface area contributed by atoms with Gasteiger partial charge in [-0.05, 0) is 42.9 Å². The molecule has 1 rings (SSSR count). The summed E-state index contributed by atoms with van der Waals surface area (Å²) in [5.41, 5.74) is 0. The fourth-order valence-electron chi connectivity index (χ4n) is 3.09. The van der Waals surface area contributed by atoms with Crippen LogP contribution in [0.2, 0.25) is 0 Å². The topological polar surface area (TPSA) is 0 Å². The Bertz CT molecular complexity index is 148. The highest BCUT2D eigenvalue weighted by atomic mass is 14.4. The minimum absolute atomic E-state index is 0.924. The van der Waals surface area contributed by atoms with Crippen molar-refractivity contribution in [3.05, 3.63) is 0 Å². The first-order valence-corrected chi connectivity index (χ1v) is 6.69. The molecule has 0 aromatic carbocycles. The average Bonchev–Trinajstić information content (AvgIpc) is 2.09. The first-order valence-electron chi connectivity index (χ1n) is 6.69. The zero-order valence-corrected chi connectivity index (χ0v) is 10.6. The Morgan fingerprint density at radius 2 is 1.86 bits per heavy atom. The van der Waals surface area contributed by atoms with Crippen molar-refractivity contribution >= 4 is 0 Å². The monoisotopic (exact) mass is 196 g/mol. The molecule has 0 heteroatoms. The molecule has 0 N–H and O–H groups in total. The second kappa shape index (κ2) is 5.78. The van der Waals surface area contributed by atoms with E-state index in [1.807, 2.05) is 0 Å². The Kier molecular flexibility index (Phi) is 4.98. The standard InChI is InChI=1S/C14H28/c1-5-7-12(6-2)10-13-8-9-14(13)11(3)4/h11-14H,5-10H2,1-4H3. The van der Waals surface area contributed by atoms with E-state index < -0.39 is 0 Å². The molecule has 0 spiro atoms. The molecule has 0 aromatic rings. The van der Waals surface area contributed by atoms with Crippen LogP contribution in [0.15, 0.2) is 0 Å². The Morgan fingerprint density at radius 1 is 1.14 bits per heavy atom. The van der Waals surface area contributed by atoms with Gasteiger partial charge in [0, 0.05) is 0 Å². The predicted molar refractivity (Wildman–Crippen MR) is 64.4 cm³/mol. The molecule has 14 heavy (non-hydrogen) atoms. The fourth-order valence-corrected chi connectivity index (χ4v) is 3.09. The minimum Gasteiger partial charge on any atom is -0.0654 e. The van der Waals surface area contributed by atoms with E-state index in [0.29, 0.717) is 0 Å². The molecule has 0 radical (unpaired) electrons. The molecule has 84 valence electrons. The molecule has 1 aliphatic rings. The second-order valence-corrected chi connectivity index (χ2v) is 5.54. The van der Waals surface area contributed by atoms with Crippen LogP contribution in [0.1, 0.15) is 66.2 Å². The van der Waals surface area contributed by atoms with Crippen LogP contribution in [0, 0.1) is 23.7 Å². The largest absolute Gasteiger partial charge is 0.0654 e. The van der Waals surface area contributed by atoms with E-state index >= 15 is 0 Å². The second-order valence-electron chi connectivity index (χ2n) is 5.54. The van der Waals surface area contributed by atoms with E-state index in [4.69, 9.17) is 0 Å². The molecule has 1 fully saturated rings. The summed E-state index contributed by atoms with van der Waals surface area (Å²) in [7, 11) is 0. The molecule has 0 bridgehead atoms. The van der Waals surface area contributed by atoms with Gasteiger partial charge in [-0.15, -0.1) is 0 Å². The van der Waals surface area contributed by atoms with Crippen molar-refractivity contribution in [2.75, 3.05) is 0 Å². The zero-order chi connectivity index (χ0) is 10.6. The molecule has 0 heterocycles. The molecule has 0 nitrogen and oxygen atoms in total. The van der Waals surface area contributed by atoms with Crippen molar-refractivity contribution in [3.8, 4) is 0 Å². The molecule has 1 aliphatic carbocycles. The zero-order valence-electron chi connectivity index (χ0n) is 10.6. The summed E-state index contributed by atoms with van der Waals surface area (Å²) in [5, 5.41) is 0. The molecule has 1 saturated carbocycles. The Balaban J connectivity index is 2.28. The summed E-state index contributed by atoms with van der Waals surface area (Å²) in [4.78, 5) is 0. The van der Waals surface area contributed by atoms with Gasteiger partial charge in [0.25, 0.3) is 0 Å². The molecule has 0 aromatic heterocycles. The van der Waals surface area contributed by atoms with Crippen LogP contribution in [0.4, 0.5) is 0 Å². The molecule has 0 aliphatic heterocycles. The smallest absolute Gasteiger partial charge is 0.0362 e. The summed E-state index contributed by atoms with van der Waals surface area (Å²) < 4.78 is 0. The van der Waals surface area contributed by atoms with E-state index in [9.17, 15) is 0 Å². The summed E-state index contributed by atoms with van der Waals surface area (Å²) in [6, 6.07) is 0. The molecule has 0 amide bonds. The van der Waals surface area contributed by atoms with Crippen molar-refractivity contribution in [1.29, 1.82) is 0 Å². The first-order chi connectivity index (χ1) is 6.69. The van der Waals surface area contributed by atoms with E-state index in [-0.39, 0.29) is 0 Å². The van der Waals surface area contributed by atoms with Crippen LogP contribution < -0.4 is 0 Å². The van der Waals surface area contributed by atoms with Crippen LogP contribution in [0.3, 0.4) is 0 Å². The highest BCUT2D eigenvalue weighted by molar-refractivity contribution is 4.84. The molecule has 3 atom stereocenters. The summed E-state index contributed by atoms with van der Waals surface area (Å²) in [6.07, 6.45) is 8.77. The quantitative estimate of drug-likeness (QED) is 0.567. The van der Waals surface area contributed by atoms with Crippen LogP contribution in [0.5, 0.6) is 0 Å². The molecule has 0 saturated heterocycles. The lowest BCUT2D eigenvalue weighted by Crippen LogP contribution is -2.31. The third kappa shape index (κ3) is 3.00.